The molecule has 96 valence electrons. The number of rotatable bonds is 6. The van der Waals surface area contributed by atoms with Crippen LogP contribution in [-0.4, -0.2) is 36.4 Å². The zero-order valence-electron chi connectivity index (χ0n) is 9.08. The summed E-state index contributed by atoms with van der Waals surface area (Å²) < 4.78 is 39.8. The predicted octanol–water partition coefficient (Wildman–Crippen LogP) is 0.0488. The lowest BCUT2D eigenvalue weighted by Crippen LogP contribution is -2.44. The largest absolute Gasteiger partial charge is 0.457 e. The van der Waals surface area contributed by atoms with Crippen molar-refractivity contribution >= 4 is 22.1 Å². The van der Waals surface area contributed by atoms with Crippen molar-refractivity contribution in [1.82, 2.24) is 0 Å². The summed E-state index contributed by atoms with van der Waals surface area (Å²) in [5.74, 6) is -2.01. The van der Waals surface area contributed by atoms with Gasteiger partial charge >= 0.3 is 22.1 Å². The lowest BCUT2D eigenvalue weighted by atomic mass is 10.4. The average Bonchev–Trinajstić information content (AvgIpc) is 2.24. The van der Waals surface area contributed by atoms with E-state index in [0.29, 0.717) is 6.08 Å². The van der Waals surface area contributed by atoms with Gasteiger partial charge in [0.05, 0.1) is 0 Å². The standard InChI is InChI=1S/C9H12O7S/c1-4-7(10)15-6-9(3,17(12,13)14)16-8(11)5-2/h4-5H,1-2,6H2,3H3,(H,12,13,14). The highest BCUT2D eigenvalue weighted by Crippen LogP contribution is 2.19. The van der Waals surface area contributed by atoms with Gasteiger partial charge in [0, 0.05) is 12.2 Å². The third-order valence-corrected chi connectivity index (χ3v) is 2.96. The maximum atomic E-state index is 11.0. The first-order chi connectivity index (χ1) is 7.66. The summed E-state index contributed by atoms with van der Waals surface area (Å²) in [6, 6.07) is 0. The number of hydrogen-bond acceptors (Lipinski definition) is 6. The van der Waals surface area contributed by atoms with E-state index >= 15 is 0 Å². The first-order valence-corrected chi connectivity index (χ1v) is 5.72. The van der Waals surface area contributed by atoms with Crippen molar-refractivity contribution in [1.29, 1.82) is 0 Å². The summed E-state index contributed by atoms with van der Waals surface area (Å²) in [4.78, 5) is 19.3. The summed E-state index contributed by atoms with van der Waals surface area (Å²) >= 11 is 0. The molecule has 0 fully saturated rings. The second-order valence-electron chi connectivity index (χ2n) is 3.05. The Bertz CT molecular complexity index is 436. The molecule has 0 rings (SSSR count). The Morgan fingerprint density at radius 2 is 1.76 bits per heavy atom. The Balaban J connectivity index is 4.99. The molecule has 0 aliphatic heterocycles. The van der Waals surface area contributed by atoms with Gasteiger partial charge in [-0.15, -0.1) is 0 Å². The van der Waals surface area contributed by atoms with Crippen LogP contribution in [0.4, 0.5) is 0 Å². The third-order valence-electron chi connectivity index (χ3n) is 1.67. The molecule has 7 nitrogen and oxygen atoms in total. The molecule has 0 saturated heterocycles. The van der Waals surface area contributed by atoms with Gasteiger partial charge in [-0.05, 0) is 6.92 Å². The summed E-state index contributed by atoms with van der Waals surface area (Å²) in [6.07, 6.45) is 1.50. The van der Waals surface area contributed by atoms with Gasteiger partial charge in [-0.2, -0.15) is 8.42 Å². The minimum Gasteiger partial charge on any atom is -0.457 e. The second kappa shape index (κ2) is 5.60. The molecule has 0 radical (unpaired) electrons. The van der Waals surface area contributed by atoms with Gasteiger partial charge in [-0.1, -0.05) is 13.2 Å². The molecule has 0 heterocycles. The van der Waals surface area contributed by atoms with E-state index in [9.17, 15) is 18.0 Å². The van der Waals surface area contributed by atoms with Crippen LogP contribution in [0.3, 0.4) is 0 Å². The number of ether oxygens (including phenoxy) is 2. The summed E-state index contributed by atoms with van der Waals surface area (Å²) in [5, 5.41) is 0. The quantitative estimate of drug-likeness (QED) is 0.410. The van der Waals surface area contributed by atoms with E-state index in [1.165, 1.54) is 0 Å². The van der Waals surface area contributed by atoms with Gasteiger partial charge < -0.3 is 9.47 Å². The predicted molar refractivity (Wildman–Crippen MR) is 57.4 cm³/mol. The topological polar surface area (TPSA) is 107 Å². The van der Waals surface area contributed by atoms with Crippen molar-refractivity contribution in [2.24, 2.45) is 0 Å². The minimum atomic E-state index is -4.78. The third kappa shape index (κ3) is 4.37. The molecule has 0 spiro atoms. The van der Waals surface area contributed by atoms with Gasteiger partial charge in [0.2, 0.25) is 0 Å². The van der Waals surface area contributed by atoms with Crippen molar-refractivity contribution < 1.29 is 32.0 Å². The minimum absolute atomic E-state index is 0.707. The highest BCUT2D eigenvalue weighted by atomic mass is 32.2. The van der Waals surface area contributed by atoms with Crippen LogP contribution in [0.2, 0.25) is 0 Å². The van der Waals surface area contributed by atoms with Crippen LogP contribution < -0.4 is 0 Å². The molecule has 0 amide bonds. The molecule has 0 saturated carbocycles. The molecule has 0 bridgehead atoms. The molecular formula is C9H12O7S. The van der Waals surface area contributed by atoms with E-state index in [-0.39, 0.29) is 0 Å². The summed E-state index contributed by atoms with van der Waals surface area (Å²) in [7, 11) is -4.78. The maximum Gasteiger partial charge on any atom is 0.331 e. The molecule has 1 N–H and O–H groups in total. The summed E-state index contributed by atoms with van der Waals surface area (Å²) in [6.45, 7) is 6.16. The first kappa shape index (κ1) is 15.3. The monoisotopic (exact) mass is 264 g/mol. The van der Waals surface area contributed by atoms with Gasteiger partial charge in [0.1, 0.15) is 6.61 Å². The van der Waals surface area contributed by atoms with Gasteiger partial charge in [-0.3, -0.25) is 4.55 Å². The molecule has 0 aliphatic rings. The van der Waals surface area contributed by atoms with Crippen molar-refractivity contribution in [2.75, 3.05) is 6.61 Å². The molecule has 1 unspecified atom stereocenters. The van der Waals surface area contributed by atoms with Crippen molar-refractivity contribution in [3.8, 4) is 0 Å². The highest BCUT2D eigenvalue weighted by molar-refractivity contribution is 7.87. The number of carbonyl (C=O) groups excluding carboxylic acids is 2. The van der Waals surface area contributed by atoms with Gasteiger partial charge in [-0.25, -0.2) is 9.59 Å². The Morgan fingerprint density at radius 1 is 1.29 bits per heavy atom. The zero-order chi connectivity index (χ0) is 13.7. The second-order valence-corrected chi connectivity index (χ2v) is 4.86. The van der Waals surface area contributed by atoms with E-state index < -0.39 is 33.6 Å². The van der Waals surface area contributed by atoms with Crippen LogP contribution in [-0.2, 0) is 29.2 Å². The zero-order valence-corrected chi connectivity index (χ0v) is 9.90. The van der Waals surface area contributed by atoms with Gasteiger partial charge in [0.15, 0.2) is 0 Å². The molecule has 17 heavy (non-hydrogen) atoms. The maximum absolute atomic E-state index is 11.0. The summed E-state index contributed by atoms with van der Waals surface area (Å²) in [5.41, 5.74) is 0. The van der Waals surface area contributed by atoms with Crippen LogP contribution in [0.25, 0.3) is 0 Å². The van der Waals surface area contributed by atoms with E-state index in [2.05, 4.69) is 22.6 Å². The van der Waals surface area contributed by atoms with Crippen LogP contribution >= 0.6 is 0 Å². The molecular weight excluding hydrogens is 252 g/mol. The van der Waals surface area contributed by atoms with Crippen LogP contribution in [0, 0.1) is 0 Å². The Kier molecular flexibility index (Phi) is 5.05. The number of esters is 2. The van der Waals surface area contributed by atoms with Crippen molar-refractivity contribution in [3.05, 3.63) is 25.3 Å². The lowest BCUT2D eigenvalue weighted by molar-refractivity contribution is -0.155. The van der Waals surface area contributed by atoms with Crippen LogP contribution in [0.15, 0.2) is 25.3 Å². The van der Waals surface area contributed by atoms with E-state index in [1.807, 2.05) is 0 Å². The van der Waals surface area contributed by atoms with Crippen LogP contribution in [0.5, 0.6) is 0 Å². The lowest BCUT2D eigenvalue weighted by Gasteiger charge is -2.24. The molecule has 8 heteroatoms. The molecule has 1 atom stereocenters. The Hall–Kier alpha value is -1.67. The SMILES string of the molecule is C=CC(=O)OCC(C)(OC(=O)C=C)S(=O)(=O)O. The number of carbonyl (C=O) groups is 2. The molecule has 0 aromatic rings. The Labute approximate surface area is 98.5 Å². The van der Waals surface area contributed by atoms with E-state index in [1.54, 1.807) is 0 Å². The normalized spacial score (nSPS) is 14.2. The van der Waals surface area contributed by atoms with E-state index in [0.717, 1.165) is 13.0 Å². The molecule has 0 aliphatic carbocycles. The first-order valence-electron chi connectivity index (χ1n) is 4.28. The Morgan fingerprint density at radius 3 is 2.12 bits per heavy atom. The van der Waals surface area contributed by atoms with Gasteiger partial charge in [0.25, 0.3) is 4.93 Å². The smallest absolute Gasteiger partial charge is 0.331 e. The van der Waals surface area contributed by atoms with Crippen molar-refractivity contribution in [3.63, 3.8) is 0 Å². The fraction of sp³-hybridized carbons (Fsp3) is 0.333. The van der Waals surface area contributed by atoms with Crippen molar-refractivity contribution in [2.45, 2.75) is 11.9 Å². The molecule has 0 aromatic heterocycles. The fourth-order valence-electron chi connectivity index (χ4n) is 0.672. The fourth-order valence-corrected chi connectivity index (χ4v) is 1.07. The van der Waals surface area contributed by atoms with E-state index in [4.69, 9.17) is 4.55 Å². The molecule has 0 aromatic carbocycles. The highest BCUT2D eigenvalue weighted by Gasteiger charge is 2.43. The average molecular weight is 264 g/mol. The number of hydrogen-bond donors (Lipinski definition) is 1. The van der Waals surface area contributed by atoms with Crippen LogP contribution in [0.1, 0.15) is 6.92 Å².